The first kappa shape index (κ1) is 12.1. The Hall–Kier alpha value is -1.72. The Balaban J connectivity index is 1.52. The summed E-state index contributed by atoms with van der Waals surface area (Å²) in [7, 11) is 0. The van der Waals surface area contributed by atoms with Gasteiger partial charge in [-0.25, -0.2) is 0 Å². The summed E-state index contributed by atoms with van der Waals surface area (Å²) in [6, 6.07) is 8.49. The molecule has 1 aromatic heterocycles. The van der Waals surface area contributed by atoms with Crippen LogP contribution in [0, 0.1) is 0 Å². The maximum absolute atomic E-state index is 9.55. The molecule has 2 aliphatic rings. The Bertz CT molecular complexity index is 600. The number of benzene rings is 1. The van der Waals surface area contributed by atoms with Gasteiger partial charge < -0.3 is 14.9 Å². The second-order valence-electron chi connectivity index (χ2n) is 5.72. The van der Waals surface area contributed by atoms with Gasteiger partial charge in [0.15, 0.2) is 5.82 Å². The van der Waals surface area contributed by atoms with Gasteiger partial charge in [-0.15, -0.1) is 0 Å². The predicted molar refractivity (Wildman–Crippen MR) is 72.3 cm³/mol. The second kappa shape index (κ2) is 4.68. The highest BCUT2D eigenvalue weighted by molar-refractivity contribution is 5.34. The fourth-order valence-corrected chi connectivity index (χ4v) is 3.20. The molecule has 2 heterocycles. The zero-order chi connectivity index (χ0) is 13.5. The molecule has 0 amide bonds. The van der Waals surface area contributed by atoms with Gasteiger partial charge in [0.1, 0.15) is 0 Å². The van der Waals surface area contributed by atoms with Crippen LogP contribution in [0.3, 0.4) is 0 Å². The average Bonchev–Trinajstić information content (AvgIpc) is 3.16. The van der Waals surface area contributed by atoms with E-state index in [4.69, 9.17) is 4.52 Å². The lowest BCUT2D eigenvalue weighted by molar-refractivity contribution is 0.191. The minimum absolute atomic E-state index is 0.00460. The third-order valence-electron chi connectivity index (χ3n) is 4.28. The molecule has 20 heavy (non-hydrogen) atoms. The minimum atomic E-state index is -0.314. The van der Waals surface area contributed by atoms with E-state index in [1.165, 1.54) is 11.1 Å². The van der Waals surface area contributed by atoms with Crippen molar-refractivity contribution in [1.82, 2.24) is 15.5 Å². The summed E-state index contributed by atoms with van der Waals surface area (Å²) < 4.78 is 5.37. The van der Waals surface area contributed by atoms with Gasteiger partial charge in [-0.3, -0.25) is 0 Å². The van der Waals surface area contributed by atoms with Crippen molar-refractivity contribution in [2.24, 2.45) is 0 Å². The fraction of sp³-hybridized carbons (Fsp3) is 0.467. The van der Waals surface area contributed by atoms with Gasteiger partial charge in [0.25, 0.3) is 0 Å². The topological polar surface area (TPSA) is 71.2 Å². The van der Waals surface area contributed by atoms with E-state index in [0.29, 0.717) is 24.8 Å². The first-order valence-corrected chi connectivity index (χ1v) is 7.11. The van der Waals surface area contributed by atoms with Gasteiger partial charge in [-0.1, -0.05) is 29.4 Å². The largest absolute Gasteiger partial charge is 0.392 e. The SMILES string of the molecule is O[C@@H]1CN[C@H](c2nc(C3Cc4ccccc4C3)no2)C1. The van der Waals surface area contributed by atoms with E-state index in [2.05, 4.69) is 39.7 Å². The van der Waals surface area contributed by atoms with Crippen LogP contribution in [0.1, 0.15) is 41.2 Å². The molecule has 2 N–H and O–H groups in total. The number of rotatable bonds is 2. The zero-order valence-electron chi connectivity index (χ0n) is 11.1. The molecule has 2 aromatic rings. The van der Waals surface area contributed by atoms with E-state index in [9.17, 15) is 5.11 Å². The number of aliphatic hydroxyl groups is 1. The second-order valence-corrected chi connectivity index (χ2v) is 5.72. The van der Waals surface area contributed by atoms with E-state index in [1.54, 1.807) is 0 Å². The van der Waals surface area contributed by atoms with Gasteiger partial charge >= 0.3 is 0 Å². The Labute approximate surface area is 117 Å². The van der Waals surface area contributed by atoms with Crippen LogP contribution in [0.4, 0.5) is 0 Å². The number of β-amino-alcohol motifs (C(OH)–C–C–N with tert-alkyl or cyclic N) is 1. The van der Waals surface area contributed by atoms with E-state index >= 15 is 0 Å². The molecule has 0 saturated carbocycles. The Morgan fingerprint density at radius 2 is 1.95 bits per heavy atom. The lowest BCUT2D eigenvalue weighted by Crippen LogP contribution is -2.15. The van der Waals surface area contributed by atoms with Crippen LogP contribution in [-0.2, 0) is 12.8 Å². The van der Waals surface area contributed by atoms with Crippen molar-refractivity contribution < 1.29 is 9.63 Å². The lowest BCUT2D eigenvalue weighted by Gasteiger charge is -2.03. The molecule has 2 atom stereocenters. The number of fused-ring (bicyclic) bond motifs is 1. The lowest BCUT2D eigenvalue weighted by atomic mass is 10.1. The van der Waals surface area contributed by atoms with Crippen molar-refractivity contribution in [2.45, 2.75) is 37.3 Å². The molecule has 104 valence electrons. The molecule has 0 radical (unpaired) electrons. The molecule has 0 bridgehead atoms. The summed E-state index contributed by atoms with van der Waals surface area (Å²) in [6.07, 6.45) is 2.30. The maximum atomic E-state index is 9.55. The summed E-state index contributed by atoms with van der Waals surface area (Å²) in [6.45, 7) is 0.594. The van der Waals surface area contributed by atoms with Crippen LogP contribution in [0.5, 0.6) is 0 Å². The standard InChI is InChI=1S/C15H17N3O2/c19-12-7-13(16-8-12)15-17-14(18-20-15)11-5-9-3-1-2-4-10(9)6-11/h1-4,11-13,16,19H,5-8H2/t12-,13-/m0/s1. The molecule has 0 spiro atoms. The van der Waals surface area contributed by atoms with Crippen molar-refractivity contribution in [3.8, 4) is 0 Å². The summed E-state index contributed by atoms with van der Waals surface area (Å²) >= 11 is 0. The molecule has 5 heteroatoms. The Morgan fingerprint density at radius 3 is 2.60 bits per heavy atom. The van der Waals surface area contributed by atoms with Gasteiger partial charge in [-0.05, 0) is 30.4 Å². The van der Waals surface area contributed by atoms with E-state index in [0.717, 1.165) is 18.7 Å². The molecular weight excluding hydrogens is 254 g/mol. The molecular formula is C15H17N3O2. The van der Waals surface area contributed by atoms with Crippen molar-refractivity contribution in [3.63, 3.8) is 0 Å². The van der Waals surface area contributed by atoms with Crippen molar-refractivity contribution in [1.29, 1.82) is 0 Å². The highest BCUT2D eigenvalue weighted by Gasteiger charge is 2.31. The van der Waals surface area contributed by atoms with Crippen molar-refractivity contribution >= 4 is 0 Å². The molecule has 1 aliphatic heterocycles. The third kappa shape index (κ3) is 2.03. The first-order valence-electron chi connectivity index (χ1n) is 7.11. The molecule has 1 aromatic carbocycles. The number of aliphatic hydroxyl groups excluding tert-OH is 1. The Kier molecular flexibility index (Phi) is 2.82. The highest BCUT2D eigenvalue weighted by Crippen LogP contribution is 2.33. The number of hydrogen-bond donors (Lipinski definition) is 2. The minimum Gasteiger partial charge on any atom is -0.392 e. The molecule has 4 rings (SSSR count). The van der Waals surface area contributed by atoms with Crippen molar-refractivity contribution in [3.05, 3.63) is 47.1 Å². The summed E-state index contributed by atoms with van der Waals surface area (Å²) in [5.74, 6) is 1.71. The normalized spacial score (nSPS) is 26.1. The van der Waals surface area contributed by atoms with E-state index < -0.39 is 0 Å². The van der Waals surface area contributed by atoms with E-state index in [1.807, 2.05) is 0 Å². The molecule has 1 aliphatic carbocycles. The number of nitrogens with zero attached hydrogens (tertiary/aromatic N) is 2. The fourth-order valence-electron chi connectivity index (χ4n) is 3.20. The molecule has 0 unspecified atom stereocenters. The summed E-state index contributed by atoms with van der Waals surface area (Å²) in [5, 5.41) is 16.9. The zero-order valence-corrected chi connectivity index (χ0v) is 11.1. The number of nitrogens with one attached hydrogen (secondary N) is 1. The first-order chi connectivity index (χ1) is 9.79. The van der Waals surface area contributed by atoms with Gasteiger partial charge in [0.05, 0.1) is 12.1 Å². The van der Waals surface area contributed by atoms with Crippen LogP contribution < -0.4 is 5.32 Å². The predicted octanol–water partition coefficient (Wildman–Crippen LogP) is 1.35. The van der Waals surface area contributed by atoms with Crippen LogP contribution >= 0.6 is 0 Å². The maximum Gasteiger partial charge on any atom is 0.243 e. The molecule has 1 saturated heterocycles. The molecule has 1 fully saturated rings. The van der Waals surface area contributed by atoms with Crippen LogP contribution in [0.25, 0.3) is 0 Å². The number of hydrogen-bond acceptors (Lipinski definition) is 5. The van der Waals surface area contributed by atoms with Crippen LogP contribution in [0.2, 0.25) is 0 Å². The van der Waals surface area contributed by atoms with Gasteiger partial charge in [0, 0.05) is 12.5 Å². The van der Waals surface area contributed by atoms with Crippen molar-refractivity contribution in [2.75, 3.05) is 6.54 Å². The smallest absolute Gasteiger partial charge is 0.243 e. The quantitative estimate of drug-likeness (QED) is 0.862. The summed E-state index contributed by atoms with van der Waals surface area (Å²) in [4.78, 5) is 4.54. The van der Waals surface area contributed by atoms with Crippen LogP contribution in [0.15, 0.2) is 28.8 Å². The summed E-state index contributed by atoms with van der Waals surface area (Å²) in [5.41, 5.74) is 2.77. The number of aromatic nitrogens is 2. The Morgan fingerprint density at radius 1 is 1.20 bits per heavy atom. The molecule has 5 nitrogen and oxygen atoms in total. The van der Waals surface area contributed by atoms with E-state index in [-0.39, 0.29) is 12.1 Å². The third-order valence-corrected chi connectivity index (χ3v) is 4.28. The van der Waals surface area contributed by atoms with Gasteiger partial charge in [0.2, 0.25) is 5.89 Å². The monoisotopic (exact) mass is 271 g/mol. The van der Waals surface area contributed by atoms with Gasteiger partial charge in [-0.2, -0.15) is 4.98 Å². The highest BCUT2D eigenvalue weighted by atomic mass is 16.5. The average molecular weight is 271 g/mol. The van der Waals surface area contributed by atoms with Crippen LogP contribution in [-0.4, -0.2) is 27.9 Å².